The maximum atomic E-state index is 12.7. The van der Waals surface area contributed by atoms with Crippen LogP contribution in [0.4, 0.5) is 0 Å². The SMILES string of the molecule is CCC(C)(C)C(=O)Oc1ccc(-c2ccc(OC)c3ccccc23)c2ccccc12. The van der Waals surface area contributed by atoms with Crippen molar-refractivity contribution in [2.45, 2.75) is 27.2 Å². The van der Waals surface area contributed by atoms with Crippen molar-refractivity contribution in [2.24, 2.45) is 5.41 Å². The monoisotopic (exact) mass is 398 g/mol. The second kappa shape index (κ2) is 7.83. The lowest BCUT2D eigenvalue weighted by molar-refractivity contribution is -0.144. The first-order valence-electron chi connectivity index (χ1n) is 10.3. The molecule has 0 aromatic heterocycles. The van der Waals surface area contributed by atoms with Gasteiger partial charge in [-0.3, -0.25) is 4.79 Å². The van der Waals surface area contributed by atoms with Crippen LogP contribution in [-0.4, -0.2) is 13.1 Å². The van der Waals surface area contributed by atoms with Crippen LogP contribution >= 0.6 is 0 Å². The lowest BCUT2D eigenvalue weighted by Gasteiger charge is -2.21. The van der Waals surface area contributed by atoms with E-state index >= 15 is 0 Å². The second-order valence-corrected chi connectivity index (χ2v) is 8.14. The molecule has 0 aliphatic rings. The number of benzene rings is 4. The Bertz CT molecular complexity index is 1240. The minimum atomic E-state index is -0.522. The number of methoxy groups -OCH3 is 1. The van der Waals surface area contributed by atoms with Gasteiger partial charge in [-0.05, 0) is 54.3 Å². The van der Waals surface area contributed by atoms with Gasteiger partial charge < -0.3 is 9.47 Å². The van der Waals surface area contributed by atoms with Gasteiger partial charge in [-0.15, -0.1) is 0 Å². The van der Waals surface area contributed by atoms with Gasteiger partial charge in [0.2, 0.25) is 0 Å². The fourth-order valence-corrected chi connectivity index (χ4v) is 3.66. The van der Waals surface area contributed by atoms with Gasteiger partial charge in [0, 0.05) is 10.8 Å². The Morgan fingerprint density at radius 3 is 1.70 bits per heavy atom. The van der Waals surface area contributed by atoms with Crippen molar-refractivity contribution in [3.63, 3.8) is 0 Å². The molecule has 152 valence electrons. The Morgan fingerprint density at radius 1 is 0.733 bits per heavy atom. The van der Waals surface area contributed by atoms with E-state index in [1.54, 1.807) is 7.11 Å². The summed E-state index contributed by atoms with van der Waals surface area (Å²) in [4.78, 5) is 12.7. The van der Waals surface area contributed by atoms with Crippen LogP contribution < -0.4 is 9.47 Å². The van der Waals surface area contributed by atoms with E-state index in [9.17, 15) is 4.79 Å². The van der Waals surface area contributed by atoms with Crippen LogP contribution in [0.15, 0.2) is 72.8 Å². The Labute approximate surface area is 177 Å². The van der Waals surface area contributed by atoms with Gasteiger partial charge in [0.25, 0.3) is 0 Å². The first kappa shape index (κ1) is 20.0. The summed E-state index contributed by atoms with van der Waals surface area (Å²) in [6.07, 6.45) is 0.722. The Balaban J connectivity index is 1.89. The fourth-order valence-electron chi connectivity index (χ4n) is 3.66. The maximum Gasteiger partial charge on any atom is 0.316 e. The molecule has 4 rings (SSSR count). The first-order chi connectivity index (χ1) is 14.5. The molecule has 3 nitrogen and oxygen atoms in total. The largest absolute Gasteiger partial charge is 0.496 e. The van der Waals surface area contributed by atoms with E-state index in [0.717, 1.165) is 44.8 Å². The summed E-state index contributed by atoms with van der Waals surface area (Å²) in [6, 6.07) is 24.3. The van der Waals surface area contributed by atoms with Crippen molar-refractivity contribution in [2.75, 3.05) is 7.11 Å². The topological polar surface area (TPSA) is 35.5 Å². The Hall–Kier alpha value is -3.33. The van der Waals surface area contributed by atoms with Gasteiger partial charge in [0.1, 0.15) is 11.5 Å². The van der Waals surface area contributed by atoms with Crippen LogP contribution in [0.5, 0.6) is 11.5 Å². The molecule has 0 unspecified atom stereocenters. The normalized spacial score (nSPS) is 11.6. The van der Waals surface area contributed by atoms with E-state index in [-0.39, 0.29) is 5.97 Å². The van der Waals surface area contributed by atoms with E-state index in [1.165, 1.54) is 0 Å². The first-order valence-corrected chi connectivity index (χ1v) is 10.3. The molecule has 0 saturated carbocycles. The summed E-state index contributed by atoms with van der Waals surface area (Å²) in [5.41, 5.74) is 1.69. The average Bonchev–Trinajstić information content (AvgIpc) is 2.78. The molecule has 0 N–H and O–H groups in total. The quantitative estimate of drug-likeness (QED) is 0.268. The van der Waals surface area contributed by atoms with Crippen LogP contribution in [0.1, 0.15) is 27.2 Å². The lowest BCUT2D eigenvalue weighted by atomic mass is 9.90. The minimum absolute atomic E-state index is 0.210. The van der Waals surface area contributed by atoms with Crippen molar-refractivity contribution in [3.8, 4) is 22.6 Å². The molecule has 0 radical (unpaired) electrons. The molecule has 0 aliphatic heterocycles. The predicted octanol–water partition coefficient (Wildman–Crippen LogP) is 7.01. The van der Waals surface area contributed by atoms with Gasteiger partial charge in [-0.1, -0.05) is 67.6 Å². The number of esters is 1. The molecule has 3 heteroatoms. The van der Waals surface area contributed by atoms with Gasteiger partial charge in [0.05, 0.1) is 12.5 Å². The van der Waals surface area contributed by atoms with E-state index in [4.69, 9.17) is 9.47 Å². The number of carbonyl (C=O) groups excluding carboxylic acids is 1. The van der Waals surface area contributed by atoms with E-state index in [1.807, 2.05) is 69.3 Å². The maximum absolute atomic E-state index is 12.7. The molecular formula is C27H26O3. The molecule has 30 heavy (non-hydrogen) atoms. The highest BCUT2D eigenvalue weighted by atomic mass is 16.5. The van der Waals surface area contributed by atoms with Crippen molar-refractivity contribution < 1.29 is 14.3 Å². The Morgan fingerprint density at radius 2 is 1.20 bits per heavy atom. The molecule has 4 aromatic carbocycles. The van der Waals surface area contributed by atoms with Crippen molar-refractivity contribution in [3.05, 3.63) is 72.8 Å². The highest BCUT2D eigenvalue weighted by Gasteiger charge is 2.28. The summed E-state index contributed by atoms with van der Waals surface area (Å²) in [5.74, 6) is 1.24. The van der Waals surface area contributed by atoms with Gasteiger partial charge in [-0.2, -0.15) is 0 Å². The Kier molecular flexibility index (Phi) is 5.21. The minimum Gasteiger partial charge on any atom is -0.496 e. The highest BCUT2D eigenvalue weighted by molar-refractivity contribution is 6.08. The van der Waals surface area contributed by atoms with E-state index < -0.39 is 5.41 Å². The number of ether oxygens (including phenoxy) is 2. The molecule has 0 atom stereocenters. The van der Waals surface area contributed by atoms with Crippen molar-refractivity contribution >= 4 is 27.5 Å². The smallest absolute Gasteiger partial charge is 0.316 e. The number of carbonyl (C=O) groups is 1. The van der Waals surface area contributed by atoms with Crippen LogP contribution in [0.2, 0.25) is 0 Å². The van der Waals surface area contributed by atoms with Crippen LogP contribution in [0, 0.1) is 5.41 Å². The second-order valence-electron chi connectivity index (χ2n) is 8.14. The summed E-state index contributed by atoms with van der Waals surface area (Å²) in [7, 11) is 1.69. The number of fused-ring (bicyclic) bond motifs is 2. The number of hydrogen-bond donors (Lipinski definition) is 0. The average molecular weight is 399 g/mol. The van der Waals surface area contributed by atoms with Gasteiger partial charge in [-0.25, -0.2) is 0 Å². The highest BCUT2D eigenvalue weighted by Crippen LogP contribution is 2.40. The van der Waals surface area contributed by atoms with Crippen molar-refractivity contribution in [1.82, 2.24) is 0 Å². The molecule has 0 fully saturated rings. The molecular weight excluding hydrogens is 372 g/mol. The van der Waals surface area contributed by atoms with Crippen LogP contribution in [-0.2, 0) is 4.79 Å². The molecule has 0 saturated heterocycles. The van der Waals surface area contributed by atoms with Gasteiger partial charge in [0.15, 0.2) is 0 Å². The third kappa shape index (κ3) is 3.41. The zero-order valence-corrected chi connectivity index (χ0v) is 17.9. The van der Waals surface area contributed by atoms with Crippen LogP contribution in [0.25, 0.3) is 32.7 Å². The zero-order chi connectivity index (χ0) is 21.3. The molecule has 0 amide bonds. The summed E-state index contributed by atoms with van der Waals surface area (Å²) in [5, 5.41) is 4.17. The lowest BCUT2D eigenvalue weighted by Crippen LogP contribution is -2.28. The molecule has 4 aromatic rings. The van der Waals surface area contributed by atoms with Crippen LogP contribution in [0.3, 0.4) is 0 Å². The van der Waals surface area contributed by atoms with E-state index in [0.29, 0.717) is 5.75 Å². The fraction of sp³-hybridized carbons (Fsp3) is 0.222. The summed E-state index contributed by atoms with van der Waals surface area (Å²) >= 11 is 0. The molecule has 0 heterocycles. The standard InChI is InChI=1S/C27H26O3/c1-5-27(2,3)26(28)30-25-17-15-21(19-11-7-9-13-23(19)25)20-14-16-24(29-4)22-12-8-6-10-18(20)22/h6-17H,5H2,1-4H3. The summed E-state index contributed by atoms with van der Waals surface area (Å²) < 4.78 is 11.4. The third-order valence-electron chi connectivity index (χ3n) is 5.92. The summed E-state index contributed by atoms with van der Waals surface area (Å²) in [6.45, 7) is 5.82. The zero-order valence-electron chi connectivity index (χ0n) is 17.9. The predicted molar refractivity (Wildman–Crippen MR) is 123 cm³/mol. The molecule has 0 spiro atoms. The number of hydrogen-bond acceptors (Lipinski definition) is 3. The van der Waals surface area contributed by atoms with Gasteiger partial charge >= 0.3 is 5.97 Å². The third-order valence-corrected chi connectivity index (χ3v) is 5.92. The molecule has 0 bridgehead atoms. The van der Waals surface area contributed by atoms with Crippen molar-refractivity contribution in [1.29, 1.82) is 0 Å². The van der Waals surface area contributed by atoms with E-state index in [2.05, 4.69) is 24.3 Å². The number of rotatable bonds is 5. The molecule has 0 aliphatic carbocycles.